The smallest absolute Gasteiger partial charge is 0.266 e. The summed E-state index contributed by atoms with van der Waals surface area (Å²) in [6.45, 7) is 0. The molecule has 0 bridgehead atoms. The topological polar surface area (TPSA) is 52.9 Å². The van der Waals surface area contributed by atoms with Crippen LogP contribution >= 0.6 is 11.6 Å². The van der Waals surface area contributed by atoms with Crippen LogP contribution in [-0.2, 0) is 4.79 Å². The Kier molecular flexibility index (Phi) is 5.67. The summed E-state index contributed by atoms with van der Waals surface area (Å²) in [5.74, 6) is -1.17. The predicted octanol–water partition coefficient (Wildman–Crippen LogP) is 4.58. The third-order valence-electron chi connectivity index (χ3n) is 2.89. The van der Waals surface area contributed by atoms with Gasteiger partial charge in [-0.15, -0.1) is 0 Å². The Balaban J connectivity index is 2.09. The Morgan fingerprint density at radius 3 is 2.61 bits per heavy atom. The molecule has 1 amide bonds. The molecule has 0 saturated heterocycles. The zero-order valence-corrected chi connectivity index (χ0v) is 12.7. The quantitative estimate of drug-likeness (QED) is 0.508. The fourth-order valence-electron chi connectivity index (χ4n) is 1.76. The van der Waals surface area contributed by atoms with Crippen molar-refractivity contribution in [2.24, 2.45) is 0 Å². The van der Waals surface area contributed by atoms with Gasteiger partial charge in [0, 0.05) is 5.69 Å². The van der Waals surface area contributed by atoms with Crippen molar-refractivity contribution in [3.63, 3.8) is 0 Å². The van der Waals surface area contributed by atoms with E-state index in [0.29, 0.717) is 5.69 Å². The summed E-state index contributed by atoms with van der Waals surface area (Å²) in [4.78, 5) is 12.0. The van der Waals surface area contributed by atoms with Crippen molar-refractivity contribution in [2.75, 3.05) is 5.32 Å². The highest BCUT2D eigenvalue weighted by Gasteiger charge is 2.09. The second-order valence-corrected chi connectivity index (χ2v) is 4.95. The van der Waals surface area contributed by atoms with E-state index in [4.69, 9.17) is 16.9 Å². The van der Waals surface area contributed by atoms with Gasteiger partial charge in [0.25, 0.3) is 5.91 Å². The number of nitriles is 1. The molecule has 0 spiro atoms. The molecule has 0 heterocycles. The number of allylic oxidation sites excluding steroid dienone is 2. The number of anilines is 1. The summed E-state index contributed by atoms with van der Waals surface area (Å²) >= 11 is 5.65. The Labute approximate surface area is 138 Å². The molecule has 23 heavy (non-hydrogen) atoms. The highest BCUT2D eigenvalue weighted by Crippen LogP contribution is 2.19. The average Bonchev–Trinajstić information content (AvgIpc) is 2.56. The zero-order valence-electron chi connectivity index (χ0n) is 12.0. The van der Waals surface area contributed by atoms with Gasteiger partial charge in [0.05, 0.1) is 5.02 Å². The number of nitrogens with zero attached hydrogens (tertiary/aromatic N) is 1. The van der Waals surface area contributed by atoms with E-state index in [2.05, 4.69) is 5.32 Å². The third kappa shape index (κ3) is 4.80. The number of hydrogen-bond acceptors (Lipinski definition) is 2. The van der Waals surface area contributed by atoms with Crippen molar-refractivity contribution in [1.29, 1.82) is 5.26 Å². The number of carbonyl (C=O) groups is 1. The van der Waals surface area contributed by atoms with Gasteiger partial charge in [-0.05, 0) is 29.8 Å². The maximum atomic E-state index is 13.1. The second-order valence-electron chi connectivity index (χ2n) is 4.54. The first kappa shape index (κ1) is 16.5. The van der Waals surface area contributed by atoms with E-state index in [9.17, 15) is 9.18 Å². The molecule has 2 aromatic rings. The first-order chi connectivity index (χ1) is 11.1. The van der Waals surface area contributed by atoms with Crippen molar-refractivity contribution in [3.8, 4) is 6.07 Å². The SMILES string of the molecule is N#C/C(=C\C=C\c1ccccc1)C(=O)Nc1ccc(F)c(Cl)c1. The van der Waals surface area contributed by atoms with E-state index in [1.54, 1.807) is 12.2 Å². The lowest BCUT2D eigenvalue weighted by Crippen LogP contribution is -2.13. The van der Waals surface area contributed by atoms with Gasteiger partial charge < -0.3 is 5.32 Å². The van der Waals surface area contributed by atoms with Gasteiger partial charge in [0.15, 0.2) is 0 Å². The molecule has 0 radical (unpaired) electrons. The molecule has 0 fully saturated rings. The molecule has 0 aliphatic heterocycles. The Hall–Kier alpha value is -2.90. The van der Waals surface area contributed by atoms with Gasteiger partial charge >= 0.3 is 0 Å². The van der Waals surface area contributed by atoms with Crippen molar-refractivity contribution < 1.29 is 9.18 Å². The molecule has 1 N–H and O–H groups in total. The summed E-state index contributed by atoms with van der Waals surface area (Å²) in [5.41, 5.74) is 1.19. The standard InChI is InChI=1S/C18H12ClFN2O/c19-16-11-15(9-10-17(16)20)22-18(23)14(12-21)8-4-7-13-5-2-1-3-6-13/h1-11H,(H,22,23)/b7-4+,14-8+. The number of halogens is 2. The van der Waals surface area contributed by atoms with Crippen molar-refractivity contribution in [2.45, 2.75) is 0 Å². The molecule has 2 aromatic carbocycles. The summed E-state index contributed by atoms with van der Waals surface area (Å²) in [5, 5.41) is 11.5. The summed E-state index contributed by atoms with van der Waals surface area (Å²) in [7, 11) is 0. The summed E-state index contributed by atoms with van der Waals surface area (Å²) < 4.78 is 13.1. The first-order valence-electron chi connectivity index (χ1n) is 6.70. The van der Waals surface area contributed by atoms with Gasteiger partial charge in [-0.2, -0.15) is 5.26 Å². The maximum absolute atomic E-state index is 13.1. The zero-order chi connectivity index (χ0) is 16.7. The largest absolute Gasteiger partial charge is 0.321 e. The monoisotopic (exact) mass is 326 g/mol. The fraction of sp³-hybridized carbons (Fsp3) is 0. The van der Waals surface area contributed by atoms with Crippen LogP contribution in [0.15, 0.2) is 66.3 Å². The minimum Gasteiger partial charge on any atom is -0.321 e. The molecule has 0 atom stereocenters. The van der Waals surface area contributed by atoms with Crippen LogP contribution in [0.3, 0.4) is 0 Å². The van der Waals surface area contributed by atoms with Crippen LogP contribution in [0.5, 0.6) is 0 Å². The minimum atomic E-state index is -0.590. The van der Waals surface area contributed by atoms with E-state index < -0.39 is 11.7 Å². The van der Waals surface area contributed by atoms with Crippen molar-refractivity contribution in [3.05, 3.63) is 82.7 Å². The number of carbonyl (C=O) groups excluding carboxylic acids is 1. The van der Waals surface area contributed by atoms with Crippen LogP contribution in [0.25, 0.3) is 6.08 Å². The van der Waals surface area contributed by atoms with Gasteiger partial charge in [0.1, 0.15) is 17.5 Å². The lowest BCUT2D eigenvalue weighted by molar-refractivity contribution is -0.112. The maximum Gasteiger partial charge on any atom is 0.266 e. The Morgan fingerprint density at radius 2 is 1.96 bits per heavy atom. The molecule has 0 unspecified atom stereocenters. The summed E-state index contributed by atoms with van der Waals surface area (Å²) in [6.07, 6.45) is 4.80. The van der Waals surface area contributed by atoms with E-state index in [1.165, 1.54) is 18.2 Å². The van der Waals surface area contributed by atoms with E-state index >= 15 is 0 Å². The Morgan fingerprint density at radius 1 is 1.22 bits per heavy atom. The van der Waals surface area contributed by atoms with Crippen LogP contribution < -0.4 is 5.32 Å². The fourth-order valence-corrected chi connectivity index (χ4v) is 1.94. The van der Waals surface area contributed by atoms with Gasteiger partial charge in [-0.3, -0.25) is 4.79 Å². The number of benzene rings is 2. The highest BCUT2D eigenvalue weighted by atomic mass is 35.5. The van der Waals surface area contributed by atoms with Crippen LogP contribution in [0, 0.1) is 17.1 Å². The molecular weight excluding hydrogens is 315 g/mol. The minimum absolute atomic E-state index is 0.0716. The van der Waals surface area contributed by atoms with E-state index in [1.807, 2.05) is 36.4 Å². The van der Waals surface area contributed by atoms with Crippen LogP contribution in [0.4, 0.5) is 10.1 Å². The third-order valence-corrected chi connectivity index (χ3v) is 3.18. The first-order valence-corrected chi connectivity index (χ1v) is 7.08. The normalized spacial score (nSPS) is 11.3. The van der Waals surface area contributed by atoms with E-state index in [-0.39, 0.29) is 10.6 Å². The molecule has 5 heteroatoms. The average molecular weight is 327 g/mol. The van der Waals surface area contributed by atoms with Crippen LogP contribution in [0.1, 0.15) is 5.56 Å². The molecular formula is C18H12ClFN2O. The van der Waals surface area contributed by atoms with E-state index in [0.717, 1.165) is 11.6 Å². The predicted molar refractivity (Wildman–Crippen MR) is 89.2 cm³/mol. The van der Waals surface area contributed by atoms with Crippen LogP contribution in [0.2, 0.25) is 5.02 Å². The molecule has 114 valence electrons. The number of rotatable bonds is 4. The number of amides is 1. The van der Waals surface area contributed by atoms with Crippen molar-refractivity contribution >= 4 is 29.3 Å². The van der Waals surface area contributed by atoms with Gasteiger partial charge in [0.2, 0.25) is 0 Å². The van der Waals surface area contributed by atoms with Gasteiger partial charge in [-0.1, -0.05) is 54.1 Å². The summed E-state index contributed by atoms with van der Waals surface area (Å²) in [6, 6.07) is 15.1. The molecule has 3 nitrogen and oxygen atoms in total. The lowest BCUT2D eigenvalue weighted by atomic mass is 10.2. The van der Waals surface area contributed by atoms with Gasteiger partial charge in [-0.25, -0.2) is 4.39 Å². The molecule has 2 rings (SSSR count). The molecule has 0 saturated carbocycles. The Bertz CT molecular complexity index is 808. The van der Waals surface area contributed by atoms with Crippen LogP contribution in [-0.4, -0.2) is 5.91 Å². The second kappa shape index (κ2) is 7.92. The lowest BCUT2D eigenvalue weighted by Gasteiger charge is -2.04. The molecule has 0 aliphatic carbocycles. The van der Waals surface area contributed by atoms with Crippen molar-refractivity contribution in [1.82, 2.24) is 0 Å². The molecule has 0 aromatic heterocycles. The number of hydrogen-bond donors (Lipinski definition) is 1. The highest BCUT2D eigenvalue weighted by molar-refractivity contribution is 6.31. The molecule has 0 aliphatic rings. The number of nitrogens with one attached hydrogen (secondary N) is 1.